The van der Waals surface area contributed by atoms with Crippen LogP contribution in [0.3, 0.4) is 0 Å². The summed E-state index contributed by atoms with van der Waals surface area (Å²) >= 11 is 0. The van der Waals surface area contributed by atoms with Crippen LogP contribution in [-0.4, -0.2) is 52.9 Å². The molecule has 0 N–H and O–H groups in total. The molecule has 2 fully saturated rings. The first-order valence-electron chi connectivity index (χ1n) is 8.98. The molecular formula is C20H21N3O4. The average molecular weight is 367 g/mol. The Morgan fingerprint density at radius 3 is 2.78 bits per heavy atom. The predicted molar refractivity (Wildman–Crippen MR) is 97.7 cm³/mol. The van der Waals surface area contributed by atoms with Crippen molar-refractivity contribution in [2.75, 3.05) is 26.3 Å². The van der Waals surface area contributed by atoms with Gasteiger partial charge in [-0.3, -0.25) is 9.48 Å². The molecule has 1 aromatic carbocycles. The lowest BCUT2D eigenvalue weighted by Gasteiger charge is -2.26. The molecule has 0 radical (unpaired) electrons. The number of carbonyl (C=O) groups excluding carboxylic acids is 2. The number of carbonyl (C=O) groups is 2. The monoisotopic (exact) mass is 367 g/mol. The van der Waals surface area contributed by atoms with Gasteiger partial charge in [-0.1, -0.05) is 30.8 Å². The van der Waals surface area contributed by atoms with Gasteiger partial charge < -0.3 is 14.4 Å². The maximum absolute atomic E-state index is 12.4. The highest BCUT2D eigenvalue weighted by Crippen LogP contribution is 2.37. The molecule has 3 heterocycles. The van der Waals surface area contributed by atoms with E-state index in [4.69, 9.17) is 9.47 Å². The zero-order valence-corrected chi connectivity index (χ0v) is 15.0. The Balaban J connectivity index is 1.52. The summed E-state index contributed by atoms with van der Waals surface area (Å²) in [6, 6.07) is 7.76. The van der Waals surface area contributed by atoms with E-state index in [1.807, 2.05) is 30.5 Å². The molecule has 0 bridgehead atoms. The van der Waals surface area contributed by atoms with Crippen molar-refractivity contribution in [2.24, 2.45) is 0 Å². The quantitative estimate of drug-likeness (QED) is 0.610. The Hall–Kier alpha value is -2.93. The molecule has 1 unspecified atom stereocenters. The summed E-state index contributed by atoms with van der Waals surface area (Å²) in [5, 5.41) is 4.34. The van der Waals surface area contributed by atoms with Crippen LogP contribution in [-0.2, 0) is 25.6 Å². The summed E-state index contributed by atoms with van der Waals surface area (Å²) in [4.78, 5) is 25.9. The number of morpholine rings is 1. The van der Waals surface area contributed by atoms with E-state index in [1.54, 1.807) is 15.8 Å². The van der Waals surface area contributed by atoms with E-state index >= 15 is 0 Å². The van der Waals surface area contributed by atoms with Gasteiger partial charge in [-0.25, -0.2) is 4.79 Å². The number of cyclic esters (lactones) is 1. The van der Waals surface area contributed by atoms with Gasteiger partial charge in [0.2, 0.25) is 5.91 Å². The molecule has 0 spiro atoms. The van der Waals surface area contributed by atoms with E-state index < -0.39 is 0 Å². The van der Waals surface area contributed by atoms with Crippen LogP contribution in [0.2, 0.25) is 0 Å². The van der Waals surface area contributed by atoms with E-state index in [-0.39, 0.29) is 24.5 Å². The summed E-state index contributed by atoms with van der Waals surface area (Å²) in [5.41, 5.74) is 3.23. The van der Waals surface area contributed by atoms with Gasteiger partial charge in [-0.05, 0) is 5.56 Å². The number of esters is 1. The molecule has 7 heteroatoms. The number of nitrogens with zero attached hydrogens (tertiary/aromatic N) is 3. The fourth-order valence-electron chi connectivity index (χ4n) is 3.42. The van der Waals surface area contributed by atoms with Crippen LogP contribution in [0.25, 0.3) is 11.1 Å². The summed E-state index contributed by atoms with van der Waals surface area (Å²) < 4.78 is 12.4. The minimum atomic E-state index is -0.346. The maximum Gasteiger partial charge on any atom is 0.334 e. The molecule has 27 heavy (non-hydrogen) atoms. The Morgan fingerprint density at radius 1 is 1.26 bits per heavy atom. The van der Waals surface area contributed by atoms with Crippen LogP contribution in [0.4, 0.5) is 0 Å². The Morgan fingerprint density at radius 2 is 2.04 bits per heavy atom. The van der Waals surface area contributed by atoms with Crippen molar-refractivity contribution in [1.29, 1.82) is 0 Å². The lowest BCUT2D eigenvalue weighted by molar-refractivity contribution is -0.139. The lowest BCUT2D eigenvalue weighted by Crippen LogP contribution is -2.42. The number of amides is 1. The molecule has 0 saturated carbocycles. The summed E-state index contributed by atoms with van der Waals surface area (Å²) in [6.45, 7) is 6.34. The first kappa shape index (κ1) is 17.5. The van der Waals surface area contributed by atoms with Crippen LogP contribution in [0.15, 0.2) is 48.8 Å². The van der Waals surface area contributed by atoms with Crippen molar-refractivity contribution in [3.8, 4) is 11.1 Å². The molecule has 2 saturated heterocycles. The maximum atomic E-state index is 12.4. The first-order valence-corrected chi connectivity index (χ1v) is 8.98. The fraction of sp³-hybridized carbons (Fsp3) is 0.350. The minimum Gasteiger partial charge on any atom is -0.454 e. The molecule has 1 aromatic heterocycles. The van der Waals surface area contributed by atoms with Gasteiger partial charge in [0.25, 0.3) is 0 Å². The Bertz CT molecular complexity index is 867. The standard InChI is InChI=1S/C20H21N3O4/c1-14-10-18(27-20(14)25)17-5-3-2-4-16(17)15-11-21-23(12-15)13-19(24)22-6-8-26-9-7-22/h2-5,11-12,18H,1,6-10,13H2. The largest absolute Gasteiger partial charge is 0.454 e. The average Bonchev–Trinajstić information content (AvgIpc) is 3.29. The topological polar surface area (TPSA) is 73.7 Å². The third-order valence-corrected chi connectivity index (χ3v) is 4.88. The minimum absolute atomic E-state index is 0.0299. The molecule has 140 valence electrons. The Labute approximate surface area is 157 Å². The third kappa shape index (κ3) is 3.64. The van der Waals surface area contributed by atoms with Crippen molar-refractivity contribution in [1.82, 2.24) is 14.7 Å². The van der Waals surface area contributed by atoms with E-state index in [0.29, 0.717) is 38.3 Å². The number of hydrogen-bond donors (Lipinski definition) is 0. The van der Waals surface area contributed by atoms with Crippen molar-refractivity contribution in [2.45, 2.75) is 19.1 Å². The summed E-state index contributed by atoms with van der Waals surface area (Å²) in [5.74, 6) is -0.316. The molecule has 2 aliphatic heterocycles. The SMILES string of the molecule is C=C1CC(c2ccccc2-c2cnn(CC(=O)N3CCOCC3)c2)OC1=O. The van der Waals surface area contributed by atoms with Gasteiger partial charge in [0.1, 0.15) is 12.6 Å². The zero-order valence-electron chi connectivity index (χ0n) is 15.0. The number of hydrogen-bond acceptors (Lipinski definition) is 5. The molecule has 4 rings (SSSR count). The van der Waals surface area contributed by atoms with Crippen LogP contribution in [0.5, 0.6) is 0 Å². The van der Waals surface area contributed by atoms with Crippen molar-refractivity contribution in [3.63, 3.8) is 0 Å². The molecule has 7 nitrogen and oxygen atoms in total. The first-order chi connectivity index (χ1) is 13.1. The predicted octanol–water partition coefficient (Wildman–Crippen LogP) is 1.95. The second-order valence-corrected chi connectivity index (χ2v) is 6.71. The Kier molecular flexibility index (Phi) is 4.77. The van der Waals surface area contributed by atoms with Gasteiger partial charge in [-0.2, -0.15) is 5.10 Å². The highest BCUT2D eigenvalue weighted by Gasteiger charge is 2.30. The van der Waals surface area contributed by atoms with Crippen LogP contribution in [0.1, 0.15) is 18.1 Å². The fourth-order valence-corrected chi connectivity index (χ4v) is 3.42. The molecule has 0 aliphatic carbocycles. The van der Waals surface area contributed by atoms with Crippen LogP contribution in [0, 0.1) is 0 Å². The van der Waals surface area contributed by atoms with Gasteiger partial charge >= 0.3 is 5.97 Å². The molecular weight excluding hydrogens is 346 g/mol. The van der Waals surface area contributed by atoms with E-state index in [0.717, 1.165) is 16.7 Å². The second kappa shape index (κ2) is 7.36. The van der Waals surface area contributed by atoms with Crippen molar-refractivity contribution >= 4 is 11.9 Å². The summed E-state index contributed by atoms with van der Waals surface area (Å²) in [6.07, 6.45) is 3.73. The van der Waals surface area contributed by atoms with Gasteiger partial charge in [0, 0.05) is 42.4 Å². The zero-order chi connectivity index (χ0) is 18.8. The van der Waals surface area contributed by atoms with E-state index in [2.05, 4.69) is 11.7 Å². The highest BCUT2D eigenvalue weighted by atomic mass is 16.5. The molecule has 2 aromatic rings. The van der Waals surface area contributed by atoms with Gasteiger partial charge in [0.15, 0.2) is 0 Å². The molecule has 1 amide bonds. The van der Waals surface area contributed by atoms with Crippen molar-refractivity contribution < 1.29 is 19.1 Å². The smallest absolute Gasteiger partial charge is 0.334 e. The van der Waals surface area contributed by atoms with Crippen LogP contribution >= 0.6 is 0 Å². The number of benzene rings is 1. The van der Waals surface area contributed by atoms with E-state index in [9.17, 15) is 9.59 Å². The number of ether oxygens (including phenoxy) is 2. The lowest BCUT2D eigenvalue weighted by atomic mass is 9.96. The number of rotatable bonds is 4. The van der Waals surface area contributed by atoms with Gasteiger partial charge in [0.05, 0.1) is 19.4 Å². The molecule has 2 aliphatic rings. The van der Waals surface area contributed by atoms with Crippen LogP contribution < -0.4 is 0 Å². The second-order valence-electron chi connectivity index (χ2n) is 6.71. The number of aromatic nitrogens is 2. The highest BCUT2D eigenvalue weighted by molar-refractivity contribution is 5.90. The van der Waals surface area contributed by atoms with Gasteiger partial charge in [-0.15, -0.1) is 0 Å². The summed E-state index contributed by atoms with van der Waals surface area (Å²) in [7, 11) is 0. The van der Waals surface area contributed by atoms with E-state index in [1.165, 1.54) is 0 Å². The molecule has 1 atom stereocenters. The normalized spacial score (nSPS) is 20.0. The third-order valence-electron chi connectivity index (χ3n) is 4.88. The van der Waals surface area contributed by atoms with Crippen molar-refractivity contribution in [3.05, 3.63) is 54.4 Å².